The van der Waals surface area contributed by atoms with Crippen molar-refractivity contribution in [1.29, 1.82) is 0 Å². The Kier molecular flexibility index (Phi) is 10.2. The highest BCUT2D eigenvalue weighted by Gasteiger charge is 2.23. The summed E-state index contributed by atoms with van der Waals surface area (Å²) >= 11 is 0. The van der Waals surface area contributed by atoms with E-state index in [1.54, 1.807) is 0 Å². The molecule has 13 rings (SSSR count). The molecule has 13 aromatic rings. The van der Waals surface area contributed by atoms with E-state index < -0.39 is 0 Å². The first-order chi connectivity index (χ1) is 34.7. The zero-order valence-corrected chi connectivity index (χ0v) is 38.3. The number of hydrogen-bond acceptors (Lipinski definition) is 2. The molecule has 2 nitrogen and oxygen atoms in total. The number of para-hydroxylation sites is 1. The van der Waals surface area contributed by atoms with Gasteiger partial charge in [0.1, 0.15) is 11.2 Å². The molecule has 0 saturated heterocycles. The predicted molar refractivity (Wildman–Crippen MR) is 296 cm³/mol. The molecule has 0 spiro atoms. The van der Waals surface area contributed by atoms with E-state index in [0.29, 0.717) is 0 Å². The highest BCUT2D eigenvalue weighted by Crippen LogP contribution is 2.47. The molecule has 0 amide bonds. The Morgan fingerprint density at radius 2 is 0.714 bits per heavy atom. The molecule has 0 atom stereocenters. The lowest BCUT2D eigenvalue weighted by Crippen LogP contribution is -2.10. The Balaban J connectivity index is 0.928. The second-order valence-corrected chi connectivity index (χ2v) is 18.0. The van der Waals surface area contributed by atoms with Crippen LogP contribution >= 0.6 is 0 Å². The topological polar surface area (TPSA) is 16.4 Å². The minimum absolute atomic E-state index is 0.861. The van der Waals surface area contributed by atoms with Crippen molar-refractivity contribution >= 4 is 60.5 Å². The molecule has 2 heteroatoms. The summed E-state index contributed by atoms with van der Waals surface area (Å²) in [5.74, 6) is 0. The van der Waals surface area contributed by atoms with Crippen molar-refractivity contribution in [3.05, 3.63) is 273 Å². The van der Waals surface area contributed by atoms with E-state index >= 15 is 0 Å². The molecule has 0 aliphatic heterocycles. The SMILES string of the molecule is c1ccc(-c2ccc(N(c3ccc(-c4cccc(-c5ccc6ccccc6c5)c4)cc3)c3ccc(-c4ccccc4-c4ccccc4-c4ccc5ccccc5c4)cc3)c3c2oc2ccccc23)cc1. The fourth-order valence-electron chi connectivity index (χ4n) is 10.4. The van der Waals surface area contributed by atoms with Gasteiger partial charge in [0, 0.05) is 22.3 Å². The summed E-state index contributed by atoms with van der Waals surface area (Å²) in [4.78, 5) is 2.39. The van der Waals surface area contributed by atoms with Gasteiger partial charge in [-0.25, -0.2) is 0 Å². The van der Waals surface area contributed by atoms with E-state index in [2.05, 4.69) is 278 Å². The van der Waals surface area contributed by atoms with Crippen LogP contribution in [0.3, 0.4) is 0 Å². The summed E-state index contributed by atoms with van der Waals surface area (Å²) in [6.45, 7) is 0. The van der Waals surface area contributed by atoms with Crippen LogP contribution in [0.4, 0.5) is 17.1 Å². The summed E-state index contributed by atoms with van der Waals surface area (Å²) in [6, 6.07) is 98.6. The second kappa shape index (κ2) is 17.4. The van der Waals surface area contributed by atoms with Gasteiger partial charge < -0.3 is 9.32 Å². The first kappa shape index (κ1) is 41.0. The number of anilines is 3. The maximum Gasteiger partial charge on any atom is 0.145 e. The minimum Gasteiger partial charge on any atom is -0.455 e. The van der Waals surface area contributed by atoms with Gasteiger partial charge in [0.25, 0.3) is 0 Å². The molecular weight excluding hydrogens is 847 g/mol. The van der Waals surface area contributed by atoms with Crippen LogP contribution < -0.4 is 4.90 Å². The lowest BCUT2D eigenvalue weighted by atomic mass is 9.89. The molecule has 0 fully saturated rings. The molecule has 0 radical (unpaired) electrons. The molecule has 0 bridgehead atoms. The van der Waals surface area contributed by atoms with Gasteiger partial charge in [0.2, 0.25) is 0 Å². The van der Waals surface area contributed by atoms with Gasteiger partial charge in [0.15, 0.2) is 0 Å². The molecule has 70 heavy (non-hydrogen) atoms. The van der Waals surface area contributed by atoms with Crippen molar-refractivity contribution < 1.29 is 4.42 Å². The summed E-state index contributed by atoms with van der Waals surface area (Å²) < 4.78 is 6.82. The largest absolute Gasteiger partial charge is 0.455 e. The summed E-state index contributed by atoms with van der Waals surface area (Å²) in [5, 5.41) is 7.11. The van der Waals surface area contributed by atoms with Crippen molar-refractivity contribution in [3.8, 4) is 66.8 Å². The summed E-state index contributed by atoms with van der Waals surface area (Å²) in [6.07, 6.45) is 0. The third kappa shape index (κ3) is 7.40. The Morgan fingerprint density at radius 1 is 0.257 bits per heavy atom. The van der Waals surface area contributed by atoms with E-state index in [-0.39, 0.29) is 0 Å². The number of furan rings is 1. The number of hydrogen-bond donors (Lipinski definition) is 0. The predicted octanol–water partition coefficient (Wildman–Crippen LogP) is 19.4. The molecule has 1 heterocycles. The monoisotopic (exact) mass is 891 g/mol. The Bertz CT molecular complexity index is 4050. The maximum absolute atomic E-state index is 6.82. The molecule has 0 saturated carbocycles. The van der Waals surface area contributed by atoms with Crippen LogP contribution in [-0.2, 0) is 0 Å². The first-order valence-corrected chi connectivity index (χ1v) is 24.0. The van der Waals surface area contributed by atoms with E-state index in [1.165, 1.54) is 66.1 Å². The number of fused-ring (bicyclic) bond motifs is 5. The number of rotatable bonds is 9. The molecular formula is C68H45NO. The highest BCUT2D eigenvalue weighted by atomic mass is 16.3. The van der Waals surface area contributed by atoms with E-state index in [1.807, 2.05) is 0 Å². The van der Waals surface area contributed by atoms with E-state index in [4.69, 9.17) is 4.42 Å². The van der Waals surface area contributed by atoms with Gasteiger partial charge in [-0.3, -0.25) is 0 Å². The van der Waals surface area contributed by atoms with Crippen LogP contribution in [0.15, 0.2) is 277 Å². The third-order valence-electron chi connectivity index (χ3n) is 13.9. The zero-order chi connectivity index (χ0) is 46.4. The van der Waals surface area contributed by atoms with Gasteiger partial charge in [-0.15, -0.1) is 0 Å². The smallest absolute Gasteiger partial charge is 0.145 e. The quantitative estimate of drug-likeness (QED) is 0.144. The molecule has 0 aliphatic carbocycles. The van der Waals surface area contributed by atoms with Crippen molar-refractivity contribution in [2.75, 3.05) is 4.90 Å². The fourth-order valence-corrected chi connectivity index (χ4v) is 10.4. The van der Waals surface area contributed by atoms with Gasteiger partial charge in [-0.1, -0.05) is 212 Å². The molecule has 0 N–H and O–H groups in total. The normalized spacial score (nSPS) is 11.4. The summed E-state index contributed by atoms with van der Waals surface area (Å²) in [5.41, 5.74) is 18.9. The average Bonchev–Trinajstić information content (AvgIpc) is 3.84. The fraction of sp³-hybridized carbons (Fsp3) is 0. The lowest BCUT2D eigenvalue weighted by molar-refractivity contribution is 0.670. The van der Waals surface area contributed by atoms with Crippen LogP contribution in [-0.4, -0.2) is 0 Å². The zero-order valence-electron chi connectivity index (χ0n) is 38.3. The van der Waals surface area contributed by atoms with E-state index in [9.17, 15) is 0 Å². The third-order valence-corrected chi connectivity index (χ3v) is 13.9. The van der Waals surface area contributed by atoms with Crippen molar-refractivity contribution in [2.45, 2.75) is 0 Å². The van der Waals surface area contributed by atoms with Crippen LogP contribution in [0.5, 0.6) is 0 Å². The van der Waals surface area contributed by atoms with Crippen molar-refractivity contribution in [1.82, 2.24) is 0 Å². The highest BCUT2D eigenvalue weighted by molar-refractivity contribution is 6.17. The molecule has 12 aromatic carbocycles. The molecule has 0 unspecified atom stereocenters. The van der Waals surface area contributed by atoms with E-state index in [0.717, 1.165) is 61.3 Å². The summed E-state index contributed by atoms with van der Waals surface area (Å²) in [7, 11) is 0. The standard InChI is InChI=1S/C68H45NO/c1-2-17-49(18-3-1)61-41-42-65(67-64-27-12-13-28-66(64)70-68(61)67)69(57-37-33-48(34-38-57)53-21-14-22-54(43-53)55-31-29-46-15-4-6-19-51(46)44-55)58-39-35-50(36-40-58)59-23-8-10-25-62(59)63-26-11-9-24-60(63)56-32-30-47-16-5-7-20-52(47)45-56/h1-45H. The van der Waals surface area contributed by atoms with Gasteiger partial charge in [-0.05, 0) is 143 Å². The Hall–Kier alpha value is -9.24. The molecule has 0 aliphatic rings. The van der Waals surface area contributed by atoms with Crippen LogP contribution in [0.2, 0.25) is 0 Å². The van der Waals surface area contributed by atoms with Crippen LogP contribution in [0, 0.1) is 0 Å². The van der Waals surface area contributed by atoms with Gasteiger partial charge >= 0.3 is 0 Å². The molecule has 328 valence electrons. The number of nitrogens with zero attached hydrogens (tertiary/aromatic N) is 1. The maximum atomic E-state index is 6.82. The Morgan fingerprint density at radius 3 is 1.39 bits per heavy atom. The lowest BCUT2D eigenvalue weighted by Gasteiger charge is -2.27. The van der Waals surface area contributed by atoms with Crippen LogP contribution in [0.1, 0.15) is 0 Å². The first-order valence-electron chi connectivity index (χ1n) is 24.0. The van der Waals surface area contributed by atoms with Crippen LogP contribution in [0.25, 0.3) is 110 Å². The van der Waals surface area contributed by atoms with Gasteiger partial charge in [-0.2, -0.15) is 0 Å². The molecule has 1 aromatic heterocycles. The Labute approximate surface area is 407 Å². The average molecular weight is 892 g/mol. The van der Waals surface area contributed by atoms with Gasteiger partial charge in [0.05, 0.1) is 11.1 Å². The second-order valence-electron chi connectivity index (χ2n) is 18.0. The minimum atomic E-state index is 0.861. The number of benzene rings is 12. The van der Waals surface area contributed by atoms with Crippen molar-refractivity contribution in [3.63, 3.8) is 0 Å². The van der Waals surface area contributed by atoms with Crippen molar-refractivity contribution in [2.24, 2.45) is 0 Å².